The molecular weight excluding hydrogens is 289 g/mol. The van der Waals surface area contributed by atoms with Crippen LogP contribution in [0.4, 0.5) is 13.2 Å². The predicted molar refractivity (Wildman–Crippen MR) is 69.4 cm³/mol. The molecule has 5 nitrogen and oxygen atoms in total. The van der Waals surface area contributed by atoms with Gasteiger partial charge in [0.25, 0.3) is 0 Å². The van der Waals surface area contributed by atoms with Crippen molar-refractivity contribution in [2.75, 3.05) is 0 Å². The van der Waals surface area contributed by atoms with Crippen LogP contribution in [0.15, 0.2) is 4.79 Å². The molecule has 0 spiro atoms. The molecule has 118 valence electrons. The summed E-state index contributed by atoms with van der Waals surface area (Å²) in [6, 6.07) is -1.15. The van der Waals surface area contributed by atoms with Gasteiger partial charge >= 0.3 is 17.8 Å². The second-order valence-corrected chi connectivity index (χ2v) is 5.08. The number of alkyl halides is 3. The summed E-state index contributed by atoms with van der Waals surface area (Å²) in [4.78, 5) is 26.6. The number of hydrogen-bond donors (Lipinski definition) is 1. The van der Waals surface area contributed by atoms with Crippen LogP contribution in [0.25, 0.3) is 0 Å². The van der Waals surface area contributed by atoms with E-state index in [9.17, 15) is 22.8 Å². The molecule has 1 N–H and O–H groups in total. The fraction of sp³-hybridized carbons (Fsp3) is 0.615. The summed E-state index contributed by atoms with van der Waals surface area (Å²) in [7, 11) is 0. The number of halogens is 3. The molecule has 1 heterocycles. The van der Waals surface area contributed by atoms with Gasteiger partial charge in [-0.25, -0.2) is 4.79 Å². The first-order valence-corrected chi connectivity index (χ1v) is 6.35. The van der Waals surface area contributed by atoms with Crippen molar-refractivity contribution in [1.82, 2.24) is 9.55 Å². The number of carboxylic acids is 1. The molecule has 0 radical (unpaired) electrons. The van der Waals surface area contributed by atoms with Crippen LogP contribution in [-0.4, -0.2) is 26.8 Å². The highest BCUT2D eigenvalue weighted by atomic mass is 19.4. The largest absolute Gasteiger partial charge is 0.481 e. The number of nitrogens with zero attached hydrogens (tertiary/aromatic N) is 2. The van der Waals surface area contributed by atoms with Crippen LogP contribution in [0.2, 0.25) is 0 Å². The number of rotatable bonds is 4. The van der Waals surface area contributed by atoms with Crippen molar-refractivity contribution in [3.8, 4) is 0 Å². The molecule has 0 amide bonds. The van der Waals surface area contributed by atoms with E-state index in [-0.39, 0.29) is 17.0 Å². The fourth-order valence-electron chi connectivity index (χ4n) is 2.49. The summed E-state index contributed by atoms with van der Waals surface area (Å²) >= 11 is 0. The maximum atomic E-state index is 12.5. The molecule has 0 aromatic carbocycles. The smallest absolute Gasteiger partial charge is 0.391 e. The number of carboxylic acid groups (broad SMARTS) is 1. The SMILES string of the molecule is Cc1nc(=O)n(C(C)CC(F)(F)F)c(C)c1C(C)C(=O)O. The number of aliphatic carboxylic acids is 1. The first-order chi connectivity index (χ1) is 9.45. The van der Waals surface area contributed by atoms with E-state index in [0.29, 0.717) is 0 Å². The highest BCUT2D eigenvalue weighted by Gasteiger charge is 2.32. The van der Waals surface area contributed by atoms with Gasteiger partial charge in [-0.3, -0.25) is 9.36 Å². The van der Waals surface area contributed by atoms with E-state index in [2.05, 4.69) is 4.98 Å². The molecule has 0 bridgehead atoms. The van der Waals surface area contributed by atoms with Crippen molar-refractivity contribution in [3.05, 3.63) is 27.4 Å². The molecule has 0 aliphatic carbocycles. The van der Waals surface area contributed by atoms with Gasteiger partial charge in [-0.1, -0.05) is 0 Å². The van der Waals surface area contributed by atoms with Gasteiger partial charge < -0.3 is 5.11 Å². The molecule has 21 heavy (non-hydrogen) atoms. The van der Waals surface area contributed by atoms with Crippen molar-refractivity contribution in [2.45, 2.75) is 52.3 Å². The van der Waals surface area contributed by atoms with Crippen molar-refractivity contribution >= 4 is 5.97 Å². The van der Waals surface area contributed by atoms with Gasteiger partial charge in [-0.2, -0.15) is 18.2 Å². The van der Waals surface area contributed by atoms with E-state index in [4.69, 9.17) is 5.11 Å². The second-order valence-electron chi connectivity index (χ2n) is 5.08. The van der Waals surface area contributed by atoms with Crippen LogP contribution < -0.4 is 5.69 Å². The second kappa shape index (κ2) is 5.87. The minimum atomic E-state index is -4.42. The van der Waals surface area contributed by atoms with Crippen LogP contribution in [0.3, 0.4) is 0 Å². The normalized spacial score (nSPS) is 14.8. The molecule has 0 aliphatic heterocycles. The lowest BCUT2D eigenvalue weighted by Crippen LogP contribution is -2.33. The van der Waals surface area contributed by atoms with Crippen LogP contribution in [0, 0.1) is 13.8 Å². The number of carbonyl (C=O) groups is 1. The van der Waals surface area contributed by atoms with E-state index in [0.717, 1.165) is 4.57 Å². The minimum absolute atomic E-state index is 0.208. The van der Waals surface area contributed by atoms with Crippen LogP contribution in [0.1, 0.15) is 49.2 Å². The predicted octanol–water partition coefficient (Wildman–Crippen LogP) is 2.56. The summed E-state index contributed by atoms with van der Waals surface area (Å²) in [5, 5.41) is 9.07. The lowest BCUT2D eigenvalue weighted by atomic mass is 9.97. The Kier molecular flexibility index (Phi) is 4.80. The summed E-state index contributed by atoms with van der Waals surface area (Å²) in [6.07, 6.45) is -5.60. The Balaban J connectivity index is 3.44. The first-order valence-electron chi connectivity index (χ1n) is 6.35. The molecule has 8 heteroatoms. The average molecular weight is 306 g/mol. The Morgan fingerprint density at radius 1 is 1.33 bits per heavy atom. The summed E-state index contributed by atoms with van der Waals surface area (Å²) in [5.74, 6) is -2.08. The third-order valence-electron chi connectivity index (χ3n) is 3.38. The quantitative estimate of drug-likeness (QED) is 0.928. The molecule has 0 saturated carbocycles. The van der Waals surface area contributed by atoms with E-state index >= 15 is 0 Å². The molecule has 0 saturated heterocycles. The van der Waals surface area contributed by atoms with Gasteiger partial charge in [0.15, 0.2) is 0 Å². The third-order valence-corrected chi connectivity index (χ3v) is 3.38. The molecule has 1 rings (SSSR count). The Labute approximate surface area is 119 Å². The van der Waals surface area contributed by atoms with E-state index in [1.165, 1.54) is 27.7 Å². The molecule has 2 unspecified atom stereocenters. The Bertz CT molecular complexity index is 608. The Morgan fingerprint density at radius 3 is 2.29 bits per heavy atom. The topological polar surface area (TPSA) is 72.2 Å². The van der Waals surface area contributed by atoms with Crippen molar-refractivity contribution in [1.29, 1.82) is 0 Å². The highest BCUT2D eigenvalue weighted by Crippen LogP contribution is 2.29. The van der Waals surface area contributed by atoms with Gasteiger partial charge in [-0.15, -0.1) is 0 Å². The zero-order valence-corrected chi connectivity index (χ0v) is 12.2. The van der Waals surface area contributed by atoms with Crippen molar-refractivity contribution in [2.24, 2.45) is 0 Å². The number of aryl methyl sites for hydroxylation is 1. The monoisotopic (exact) mass is 306 g/mol. The Morgan fingerprint density at radius 2 is 1.86 bits per heavy atom. The number of aromatic nitrogens is 2. The summed E-state index contributed by atoms with van der Waals surface area (Å²) in [5.41, 5.74) is -0.0961. The van der Waals surface area contributed by atoms with Crippen LogP contribution >= 0.6 is 0 Å². The van der Waals surface area contributed by atoms with Crippen LogP contribution in [-0.2, 0) is 4.79 Å². The maximum Gasteiger partial charge on any atom is 0.391 e. The number of hydrogen-bond acceptors (Lipinski definition) is 3. The van der Waals surface area contributed by atoms with E-state index in [1.807, 2.05) is 0 Å². The third kappa shape index (κ3) is 3.83. The molecule has 2 atom stereocenters. The Hall–Kier alpha value is -1.86. The minimum Gasteiger partial charge on any atom is -0.481 e. The van der Waals surface area contributed by atoms with Gasteiger partial charge in [0.05, 0.1) is 12.3 Å². The molecule has 1 aromatic rings. The van der Waals surface area contributed by atoms with Crippen molar-refractivity contribution < 1.29 is 23.1 Å². The average Bonchev–Trinajstić information content (AvgIpc) is 2.24. The first kappa shape index (κ1) is 17.2. The lowest BCUT2D eigenvalue weighted by Gasteiger charge is -2.23. The summed E-state index contributed by atoms with van der Waals surface area (Å²) in [6.45, 7) is 5.58. The van der Waals surface area contributed by atoms with Gasteiger partial charge in [0.2, 0.25) is 0 Å². The fourth-order valence-corrected chi connectivity index (χ4v) is 2.49. The molecular formula is C13H17F3N2O3. The highest BCUT2D eigenvalue weighted by molar-refractivity contribution is 5.76. The molecule has 1 aromatic heterocycles. The summed E-state index contributed by atoms with van der Waals surface area (Å²) < 4.78 is 38.4. The van der Waals surface area contributed by atoms with Crippen molar-refractivity contribution in [3.63, 3.8) is 0 Å². The van der Waals surface area contributed by atoms with Crippen LogP contribution in [0.5, 0.6) is 0 Å². The van der Waals surface area contributed by atoms with E-state index in [1.54, 1.807) is 0 Å². The maximum absolute atomic E-state index is 12.5. The molecule has 0 fully saturated rings. The lowest BCUT2D eigenvalue weighted by molar-refractivity contribution is -0.142. The van der Waals surface area contributed by atoms with Gasteiger partial charge in [-0.05, 0) is 27.7 Å². The zero-order chi connectivity index (χ0) is 16.5. The van der Waals surface area contributed by atoms with Gasteiger partial charge in [0.1, 0.15) is 0 Å². The molecule has 0 aliphatic rings. The van der Waals surface area contributed by atoms with E-state index < -0.39 is 36.2 Å². The standard InChI is InChI=1S/C13H17F3N2O3/c1-6(5-13(14,15)16)18-9(4)10(7(2)11(19)20)8(3)17-12(18)21/h6-7H,5H2,1-4H3,(H,19,20). The van der Waals surface area contributed by atoms with Gasteiger partial charge in [0, 0.05) is 23.0 Å². The zero-order valence-electron chi connectivity index (χ0n) is 12.2.